The first-order valence-corrected chi connectivity index (χ1v) is 11.8. The van der Waals surface area contributed by atoms with Crippen molar-refractivity contribution in [3.63, 3.8) is 0 Å². The highest BCUT2D eigenvalue weighted by atomic mass is 19.4. The Hall–Kier alpha value is -3.78. The van der Waals surface area contributed by atoms with Crippen LogP contribution < -0.4 is 15.5 Å². The van der Waals surface area contributed by atoms with E-state index in [9.17, 15) is 23.2 Å². The van der Waals surface area contributed by atoms with E-state index < -0.39 is 17.8 Å². The van der Waals surface area contributed by atoms with Gasteiger partial charge >= 0.3 is 12.2 Å². The Labute approximate surface area is 206 Å². The molecule has 3 N–H and O–H groups in total. The number of rotatable bonds is 4. The van der Waals surface area contributed by atoms with Gasteiger partial charge in [-0.15, -0.1) is 0 Å². The van der Waals surface area contributed by atoms with Crippen LogP contribution >= 0.6 is 0 Å². The topological polar surface area (TPSA) is 100 Å². The summed E-state index contributed by atoms with van der Waals surface area (Å²) in [6.45, 7) is 5.46. The molecule has 0 radical (unpaired) electrons. The third kappa shape index (κ3) is 4.81. The van der Waals surface area contributed by atoms with Gasteiger partial charge in [0.15, 0.2) is 0 Å². The highest BCUT2D eigenvalue weighted by Gasteiger charge is 2.43. The first-order chi connectivity index (χ1) is 17.1. The Balaban J connectivity index is 1.21. The van der Waals surface area contributed by atoms with Crippen LogP contribution in [0.5, 0.6) is 0 Å². The molecule has 11 heteroatoms. The van der Waals surface area contributed by atoms with Gasteiger partial charge < -0.3 is 20.5 Å². The van der Waals surface area contributed by atoms with Gasteiger partial charge in [0.05, 0.1) is 28.3 Å². The predicted molar refractivity (Wildman–Crippen MR) is 131 cm³/mol. The molecular weight excluding hydrogens is 471 g/mol. The van der Waals surface area contributed by atoms with Crippen LogP contribution in [-0.4, -0.2) is 53.1 Å². The minimum Gasteiger partial charge on any atom is -0.358 e. The number of piperazine rings is 1. The zero-order chi connectivity index (χ0) is 25.5. The average Bonchev–Trinajstić information content (AvgIpc) is 3.23. The van der Waals surface area contributed by atoms with Crippen molar-refractivity contribution in [3.8, 4) is 6.07 Å². The zero-order valence-corrected chi connectivity index (χ0v) is 19.7. The fourth-order valence-corrected chi connectivity index (χ4v) is 4.93. The number of fused-ring (bicyclic) bond motifs is 1. The van der Waals surface area contributed by atoms with Gasteiger partial charge in [0.2, 0.25) is 0 Å². The zero-order valence-electron chi connectivity index (χ0n) is 19.7. The number of hydrogen-bond donors (Lipinski definition) is 3. The van der Waals surface area contributed by atoms with E-state index in [1.807, 2.05) is 19.1 Å². The van der Waals surface area contributed by atoms with E-state index in [0.717, 1.165) is 62.5 Å². The number of carbonyl (C=O) groups is 1. The lowest BCUT2D eigenvalue weighted by Crippen LogP contribution is -2.56. The third-order valence-electron chi connectivity index (χ3n) is 7.02. The van der Waals surface area contributed by atoms with E-state index >= 15 is 0 Å². The minimum atomic E-state index is -4.43. The summed E-state index contributed by atoms with van der Waals surface area (Å²) in [5.74, 6) is 0.809. The third-order valence-corrected chi connectivity index (χ3v) is 7.02. The quantitative estimate of drug-likeness (QED) is 0.469. The maximum absolute atomic E-state index is 12.7. The van der Waals surface area contributed by atoms with Crippen LogP contribution in [0.3, 0.4) is 0 Å². The van der Waals surface area contributed by atoms with Crippen LogP contribution in [-0.2, 0) is 6.18 Å². The van der Waals surface area contributed by atoms with E-state index in [-0.39, 0.29) is 11.1 Å². The molecule has 3 heterocycles. The van der Waals surface area contributed by atoms with Crippen molar-refractivity contribution < 1.29 is 18.0 Å². The number of H-pyrrole nitrogens is 1. The molecule has 0 bridgehead atoms. The normalized spacial score (nSPS) is 22.6. The van der Waals surface area contributed by atoms with Gasteiger partial charge in [-0.05, 0) is 56.2 Å². The van der Waals surface area contributed by atoms with Gasteiger partial charge in [0.25, 0.3) is 0 Å². The molecule has 8 nitrogen and oxygen atoms in total. The summed E-state index contributed by atoms with van der Waals surface area (Å²) in [6.07, 6.45) is -0.966. The van der Waals surface area contributed by atoms with Crippen molar-refractivity contribution in [2.75, 3.05) is 41.7 Å². The molecule has 2 aromatic heterocycles. The molecule has 5 rings (SSSR count). The van der Waals surface area contributed by atoms with Gasteiger partial charge in [0, 0.05) is 44.1 Å². The summed E-state index contributed by atoms with van der Waals surface area (Å²) in [4.78, 5) is 25.0. The number of alkyl halides is 3. The maximum Gasteiger partial charge on any atom is 0.416 e. The number of urea groups is 1. The number of carbonyl (C=O) groups excluding carboxylic acids is 1. The van der Waals surface area contributed by atoms with Crippen molar-refractivity contribution in [1.29, 1.82) is 5.26 Å². The Morgan fingerprint density at radius 1 is 1.11 bits per heavy atom. The average molecular weight is 498 g/mol. The lowest BCUT2D eigenvalue weighted by atomic mass is 9.67. The largest absolute Gasteiger partial charge is 0.416 e. The molecule has 2 aliphatic rings. The summed E-state index contributed by atoms with van der Waals surface area (Å²) in [5, 5.41) is 14.5. The number of nitrogens with zero attached hydrogens (tertiary/aromatic N) is 4. The minimum absolute atomic E-state index is 0.190. The SMILES string of the molecule is CC1(C#N)CC(N2CCN(c3ccc4[nH]cc(NC(=O)Nc5ccc(C(F)(F)F)cc5)c4n3)CC2)C1. The van der Waals surface area contributed by atoms with Gasteiger partial charge in [-0.25, -0.2) is 9.78 Å². The molecule has 0 atom stereocenters. The number of amides is 2. The second-order valence-electron chi connectivity index (χ2n) is 9.68. The van der Waals surface area contributed by atoms with Crippen molar-refractivity contribution in [2.45, 2.75) is 32.0 Å². The highest BCUT2D eigenvalue weighted by molar-refractivity contribution is 6.05. The molecule has 36 heavy (non-hydrogen) atoms. The molecule has 3 aromatic rings. The molecule has 2 amide bonds. The van der Waals surface area contributed by atoms with Crippen LogP contribution in [0.25, 0.3) is 11.0 Å². The van der Waals surface area contributed by atoms with Crippen molar-refractivity contribution >= 4 is 34.3 Å². The molecule has 0 spiro atoms. The summed E-state index contributed by atoms with van der Waals surface area (Å²) in [7, 11) is 0. The Morgan fingerprint density at radius 2 is 1.81 bits per heavy atom. The number of aromatic nitrogens is 2. The number of nitriles is 1. The van der Waals surface area contributed by atoms with Crippen LogP contribution in [0.2, 0.25) is 0 Å². The number of anilines is 3. The van der Waals surface area contributed by atoms with Crippen LogP contribution in [0.4, 0.5) is 35.2 Å². The van der Waals surface area contributed by atoms with Gasteiger partial charge in [-0.1, -0.05) is 0 Å². The standard InChI is InChI=1S/C25H26F3N7O/c1-24(15-29)12-18(13-24)34-8-10-35(11-9-34)21-7-6-19-22(33-21)20(14-30-19)32-23(36)31-17-4-2-16(3-5-17)25(26,27)28/h2-7,14,18,30H,8-13H2,1H3,(H2,31,32,36). The van der Waals surface area contributed by atoms with Crippen molar-refractivity contribution in [2.24, 2.45) is 5.41 Å². The number of nitrogens with one attached hydrogen (secondary N) is 3. The van der Waals surface area contributed by atoms with E-state index in [2.05, 4.69) is 31.5 Å². The predicted octanol–water partition coefficient (Wildman–Crippen LogP) is 5.04. The molecule has 1 aliphatic heterocycles. The number of halogens is 3. The summed E-state index contributed by atoms with van der Waals surface area (Å²) in [5.41, 5.74) is 1.10. The molecule has 1 saturated heterocycles. The van der Waals surface area contributed by atoms with Gasteiger partial charge in [-0.3, -0.25) is 4.90 Å². The number of benzene rings is 1. The van der Waals surface area contributed by atoms with Crippen LogP contribution in [0.1, 0.15) is 25.3 Å². The molecule has 0 unspecified atom stereocenters. The summed E-state index contributed by atoms with van der Waals surface area (Å²) in [6, 6.07) is 10.4. The van der Waals surface area contributed by atoms with Gasteiger partial charge in [-0.2, -0.15) is 18.4 Å². The monoisotopic (exact) mass is 497 g/mol. The van der Waals surface area contributed by atoms with Crippen LogP contribution in [0, 0.1) is 16.7 Å². The summed E-state index contributed by atoms with van der Waals surface area (Å²) < 4.78 is 38.2. The summed E-state index contributed by atoms with van der Waals surface area (Å²) >= 11 is 0. The number of hydrogen-bond acceptors (Lipinski definition) is 5. The van der Waals surface area contributed by atoms with E-state index in [4.69, 9.17) is 4.98 Å². The lowest BCUT2D eigenvalue weighted by Gasteiger charge is -2.49. The molecule has 2 fully saturated rings. The van der Waals surface area contributed by atoms with E-state index in [0.29, 0.717) is 17.2 Å². The number of aromatic amines is 1. The first-order valence-electron chi connectivity index (χ1n) is 11.8. The molecule has 1 aromatic carbocycles. The van der Waals surface area contributed by atoms with Gasteiger partial charge in [0.1, 0.15) is 11.3 Å². The first kappa shape index (κ1) is 23.9. The molecular formula is C25H26F3N7O. The maximum atomic E-state index is 12.7. The molecule has 1 aliphatic carbocycles. The molecule has 188 valence electrons. The fraction of sp³-hybridized carbons (Fsp3) is 0.400. The molecule has 1 saturated carbocycles. The van der Waals surface area contributed by atoms with Crippen molar-refractivity contribution in [3.05, 3.63) is 48.2 Å². The fourth-order valence-electron chi connectivity index (χ4n) is 4.93. The number of pyridine rings is 1. The Bertz CT molecular complexity index is 1300. The Kier molecular flexibility index (Phi) is 6.00. The Morgan fingerprint density at radius 3 is 2.44 bits per heavy atom. The van der Waals surface area contributed by atoms with E-state index in [1.54, 1.807) is 6.20 Å². The highest BCUT2D eigenvalue weighted by Crippen LogP contribution is 2.43. The second kappa shape index (κ2) is 9.02. The van der Waals surface area contributed by atoms with E-state index in [1.165, 1.54) is 12.1 Å². The van der Waals surface area contributed by atoms with Crippen LogP contribution in [0.15, 0.2) is 42.6 Å². The van der Waals surface area contributed by atoms with Crippen molar-refractivity contribution in [1.82, 2.24) is 14.9 Å². The second-order valence-corrected chi connectivity index (χ2v) is 9.68. The lowest BCUT2D eigenvalue weighted by molar-refractivity contribution is -0.137. The smallest absolute Gasteiger partial charge is 0.358 e.